The Morgan fingerprint density at radius 1 is 0.969 bits per heavy atom. The van der Waals surface area contributed by atoms with Crippen LogP contribution in [0, 0.1) is 0 Å². The van der Waals surface area contributed by atoms with Crippen molar-refractivity contribution in [3.05, 3.63) is 95.3 Å². The van der Waals surface area contributed by atoms with Crippen molar-refractivity contribution >= 4 is 29.3 Å². The molecule has 8 nitrogen and oxygen atoms in total. The second kappa shape index (κ2) is 8.81. The van der Waals surface area contributed by atoms with Crippen LogP contribution in [0.25, 0.3) is 0 Å². The molecule has 2 aromatic carbocycles. The molecule has 4 rings (SSSR count). The normalized spacial score (nSPS) is 13.5. The monoisotopic (exact) mass is 428 g/mol. The molecule has 0 saturated heterocycles. The Kier molecular flexibility index (Phi) is 5.76. The number of imide groups is 1. The minimum atomic E-state index is -0.962. The summed E-state index contributed by atoms with van der Waals surface area (Å²) < 4.78 is 0. The predicted octanol–water partition coefficient (Wildman–Crippen LogP) is 2.63. The maximum absolute atomic E-state index is 12.7. The molecule has 1 aromatic heterocycles. The fourth-order valence-corrected chi connectivity index (χ4v) is 3.47. The van der Waals surface area contributed by atoms with Gasteiger partial charge in [-0.2, -0.15) is 0 Å². The summed E-state index contributed by atoms with van der Waals surface area (Å²) in [4.78, 5) is 55.0. The van der Waals surface area contributed by atoms with Gasteiger partial charge in [-0.1, -0.05) is 24.3 Å². The van der Waals surface area contributed by atoms with Crippen LogP contribution in [0.15, 0.2) is 73.1 Å². The number of benzene rings is 2. The second-order valence-corrected chi connectivity index (χ2v) is 7.32. The molecule has 2 heterocycles. The lowest BCUT2D eigenvalue weighted by atomic mass is 10.1. The summed E-state index contributed by atoms with van der Waals surface area (Å²) in [5, 5.41) is 5.53. The summed E-state index contributed by atoms with van der Waals surface area (Å²) >= 11 is 0. The summed E-state index contributed by atoms with van der Waals surface area (Å²) in [5.74, 6) is -1.70. The highest BCUT2D eigenvalue weighted by Gasteiger charge is 2.40. The van der Waals surface area contributed by atoms with Crippen LogP contribution in [0.2, 0.25) is 0 Å². The van der Waals surface area contributed by atoms with Gasteiger partial charge in [-0.15, -0.1) is 0 Å². The molecule has 3 aromatic rings. The predicted molar refractivity (Wildman–Crippen MR) is 117 cm³/mol. The van der Waals surface area contributed by atoms with Crippen LogP contribution in [-0.4, -0.2) is 39.6 Å². The van der Waals surface area contributed by atoms with Gasteiger partial charge in [-0.25, -0.2) is 0 Å². The van der Waals surface area contributed by atoms with Crippen LogP contribution in [-0.2, 0) is 11.3 Å². The van der Waals surface area contributed by atoms with E-state index < -0.39 is 23.8 Å². The van der Waals surface area contributed by atoms with E-state index in [1.54, 1.807) is 66.9 Å². The number of anilines is 1. The fourth-order valence-electron chi connectivity index (χ4n) is 3.47. The van der Waals surface area contributed by atoms with E-state index in [1.807, 2.05) is 0 Å². The smallest absolute Gasteiger partial charge is 0.262 e. The Bertz CT molecular complexity index is 1170. The van der Waals surface area contributed by atoms with Gasteiger partial charge in [0.1, 0.15) is 6.04 Å². The molecule has 32 heavy (non-hydrogen) atoms. The quantitative estimate of drug-likeness (QED) is 0.587. The second-order valence-electron chi connectivity index (χ2n) is 7.32. The van der Waals surface area contributed by atoms with Gasteiger partial charge in [0, 0.05) is 24.6 Å². The molecule has 2 N–H and O–H groups in total. The summed E-state index contributed by atoms with van der Waals surface area (Å²) in [6.45, 7) is 1.69. The first kappa shape index (κ1) is 20.9. The Hall–Kier alpha value is -4.33. The number of hydrogen-bond acceptors (Lipinski definition) is 5. The molecular formula is C24H20N4O4. The average Bonchev–Trinajstić information content (AvgIpc) is 3.08. The molecular weight excluding hydrogens is 408 g/mol. The topological polar surface area (TPSA) is 108 Å². The molecule has 0 aliphatic carbocycles. The largest absolute Gasteiger partial charge is 0.350 e. The summed E-state index contributed by atoms with van der Waals surface area (Å²) in [6.07, 6.45) is 3.06. The molecule has 0 saturated carbocycles. The molecule has 0 bridgehead atoms. The first-order valence-electron chi connectivity index (χ1n) is 10.0. The number of rotatable bonds is 6. The highest BCUT2D eigenvalue weighted by Crippen LogP contribution is 2.24. The molecule has 4 amide bonds. The third-order valence-electron chi connectivity index (χ3n) is 5.17. The van der Waals surface area contributed by atoms with Gasteiger partial charge in [0.25, 0.3) is 17.7 Å². The standard InChI is InChI=1S/C24H20N4O4/c1-15(28-23(31)19-9-2-3-10-20(19)24(28)32)21(29)26-13-16-6-4-8-18(12-16)27-22(30)17-7-5-11-25-14-17/h2-12,14-15H,13H2,1H3,(H,26,29)(H,27,30). The van der Waals surface area contributed by atoms with E-state index in [2.05, 4.69) is 15.6 Å². The molecule has 0 spiro atoms. The number of nitrogens with zero attached hydrogens (tertiary/aromatic N) is 2. The maximum Gasteiger partial charge on any atom is 0.262 e. The van der Waals surface area contributed by atoms with Crippen LogP contribution < -0.4 is 10.6 Å². The van der Waals surface area contributed by atoms with Crippen molar-refractivity contribution in [1.29, 1.82) is 0 Å². The van der Waals surface area contributed by atoms with Gasteiger partial charge in [0.2, 0.25) is 5.91 Å². The van der Waals surface area contributed by atoms with Crippen molar-refractivity contribution in [2.45, 2.75) is 19.5 Å². The number of amides is 4. The third kappa shape index (κ3) is 4.11. The van der Waals surface area contributed by atoms with Crippen LogP contribution in [0.4, 0.5) is 5.69 Å². The number of nitrogens with one attached hydrogen (secondary N) is 2. The molecule has 1 unspecified atom stereocenters. The van der Waals surface area contributed by atoms with E-state index in [9.17, 15) is 19.2 Å². The van der Waals surface area contributed by atoms with E-state index in [-0.39, 0.29) is 12.5 Å². The Balaban J connectivity index is 1.38. The molecule has 8 heteroatoms. The van der Waals surface area contributed by atoms with Crippen molar-refractivity contribution in [1.82, 2.24) is 15.2 Å². The van der Waals surface area contributed by atoms with Crippen molar-refractivity contribution in [3.8, 4) is 0 Å². The molecule has 1 atom stereocenters. The lowest BCUT2D eigenvalue weighted by Crippen LogP contribution is -2.47. The van der Waals surface area contributed by atoms with E-state index in [1.165, 1.54) is 13.1 Å². The van der Waals surface area contributed by atoms with Gasteiger partial charge >= 0.3 is 0 Å². The first-order valence-corrected chi connectivity index (χ1v) is 10.0. The summed E-state index contributed by atoms with van der Waals surface area (Å²) in [6, 6.07) is 15.9. The summed E-state index contributed by atoms with van der Waals surface area (Å²) in [7, 11) is 0. The molecule has 160 valence electrons. The SMILES string of the molecule is CC(C(=O)NCc1cccc(NC(=O)c2cccnc2)c1)N1C(=O)c2ccccc2C1=O. The average molecular weight is 428 g/mol. The highest BCUT2D eigenvalue weighted by atomic mass is 16.2. The van der Waals surface area contributed by atoms with Crippen LogP contribution in [0.1, 0.15) is 43.6 Å². The van der Waals surface area contributed by atoms with Gasteiger partial charge in [-0.05, 0) is 48.9 Å². The van der Waals surface area contributed by atoms with E-state index in [4.69, 9.17) is 0 Å². The maximum atomic E-state index is 12.7. The number of carbonyl (C=O) groups excluding carboxylic acids is 4. The molecule has 0 fully saturated rings. The van der Waals surface area contributed by atoms with Gasteiger partial charge in [0.05, 0.1) is 16.7 Å². The van der Waals surface area contributed by atoms with Crippen molar-refractivity contribution in [2.75, 3.05) is 5.32 Å². The van der Waals surface area contributed by atoms with Gasteiger partial charge < -0.3 is 10.6 Å². The van der Waals surface area contributed by atoms with Crippen molar-refractivity contribution in [3.63, 3.8) is 0 Å². The Labute approximate surface area is 184 Å². The first-order chi connectivity index (χ1) is 15.5. The highest BCUT2D eigenvalue weighted by molar-refractivity contribution is 6.22. The van der Waals surface area contributed by atoms with E-state index >= 15 is 0 Å². The van der Waals surface area contributed by atoms with E-state index in [0.29, 0.717) is 22.4 Å². The number of fused-ring (bicyclic) bond motifs is 1. The zero-order valence-corrected chi connectivity index (χ0v) is 17.2. The number of carbonyl (C=O) groups is 4. The van der Waals surface area contributed by atoms with Crippen molar-refractivity contribution in [2.24, 2.45) is 0 Å². The minimum Gasteiger partial charge on any atom is -0.350 e. The minimum absolute atomic E-state index is 0.170. The van der Waals surface area contributed by atoms with Gasteiger partial charge in [0.15, 0.2) is 0 Å². The Morgan fingerprint density at radius 2 is 1.69 bits per heavy atom. The van der Waals surface area contributed by atoms with Gasteiger partial charge in [-0.3, -0.25) is 29.1 Å². The number of hydrogen-bond donors (Lipinski definition) is 2. The molecule has 1 aliphatic heterocycles. The number of aromatic nitrogens is 1. The number of pyridine rings is 1. The third-order valence-corrected chi connectivity index (χ3v) is 5.17. The molecule has 0 radical (unpaired) electrons. The zero-order valence-electron chi connectivity index (χ0n) is 17.2. The molecule has 1 aliphatic rings. The van der Waals surface area contributed by atoms with E-state index in [0.717, 1.165) is 10.5 Å². The van der Waals surface area contributed by atoms with Crippen LogP contribution >= 0.6 is 0 Å². The van der Waals surface area contributed by atoms with Crippen LogP contribution in [0.5, 0.6) is 0 Å². The lowest BCUT2D eigenvalue weighted by Gasteiger charge is -2.21. The Morgan fingerprint density at radius 3 is 2.34 bits per heavy atom. The van der Waals surface area contributed by atoms with Crippen molar-refractivity contribution < 1.29 is 19.2 Å². The zero-order chi connectivity index (χ0) is 22.7. The lowest BCUT2D eigenvalue weighted by molar-refractivity contribution is -0.124. The van der Waals surface area contributed by atoms with Crippen LogP contribution in [0.3, 0.4) is 0 Å². The fraction of sp³-hybridized carbons (Fsp3) is 0.125. The summed E-state index contributed by atoms with van der Waals surface area (Å²) in [5.41, 5.74) is 2.35.